The van der Waals surface area contributed by atoms with Crippen LogP contribution in [0.5, 0.6) is 0 Å². The number of halogens is 4. The Balaban J connectivity index is 0.00000128. The fraction of sp³-hybridized carbons (Fsp3) is 1.00. The molecule has 0 aromatic carbocycles. The second-order valence-electron chi connectivity index (χ2n) is 4.79. The zero-order valence-corrected chi connectivity index (χ0v) is 9.86. The summed E-state index contributed by atoms with van der Waals surface area (Å²) in [5.41, 5.74) is 5.92. The van der Waals surface area contributed by atoms with Crippen molar-refractivity contribution in [2.24, 2.45) is 17.6 Å². The van der Waals surface area contributed by atoms with Gasteiger partial charge in [0.1, 0.15) is 0 Å². The van der Waals surface area contributed by atoms with E-state index in [0.29, 0.717) is 11.8 Å². The van der Waals surface area contributed by atoms with Crippen molar-refractivity contribution in [2.75, 3.05) is 19.6 Å². The lowest BCUT2D eigenvalue weighted by Crippen LogP contribution is -2.31. The number of nitrogens with zero attached hydrogens (tertiary/aromatic N) is 1. The third-order valence-electron chi connectivity index (χ3n) is 3.70. The maximum absolute atomic E-state index is 12.0. The van der Waals surface area contributed by atoms with Gasteiger partial charge in [-0.15, -0.1) is 12.4 Å². The predicted molar refractivity (Wildman–Crippen MR) is 58.5 cm³/mol. The minimum Gasteiger partial charge on any atom is -0.327 e. The van der Waals surface area contributed by atoms with Crippen LogP contribution < -0.4 is 5.73 Å². The second kappa shape index (κ2) is 5.10. The molecule has 2 fully saturated rings. The number of nitrogens with two attached hydrogens (primary N) is 1. The Labute approximate surface area is 99.8 Å². The minimum atomic E-state index is -4.03. The summed E-state index contributed by atoms with van der Waals surface area (Å²) < 4.78 is 36.1. The monoisotopic (exact) mass is 258 g/mol. The van der Waals surface area contributed by atoms with Gasteiger partial charge >= 0.3 is 6.18 Å². The van der Waals surface area contributed by atoms with E-state index in [9.17, 15) is 13.2 Å². The molecule has 1 heterocycles. The molecular weight excluding hydrogens is 241 g/mol. The highest BCUT2D eigenvalue weighted by molar-refractivity contribution is 5.85. The van der Waals surface area contributed by atoms with Crippen LogP contribution in [-0.4, -0.2) is 36.8 Å². The molecule has 2 nitrogen and oxygen atoms in total. The largest absolute Gasteiger partial charge is 0.390 e. The lowest BCUT2D eigenvalue weighted by molar-refractivity contribution is -0.137. The van der Waals surface area contributed by atoms with Crippen LogP contribution in [0.15, 0.2) is 0 Å². The van der Waals surface area contributed by atoms with Crippen molar-refractivity contribution in [3.8, 4) is 0 Å². The molecule has 3 atom stereocenters. The summed E-state index contributed by atoms with van der Waals surface area (Å²) in [5, 5.41) is 0. The van der Waals surface area contributed by atoms with Crippen LogP contribution in [0, 0.1) is 11.8 Å². The summed E-state index contributed by atoms with van der Waals surface area (Å²) in [6, 6.07) is 0.214. The van der Waals surface area contributed by atoms with Gasteiger partial charge in [0.25, 0.3) is 0 Å². The van der Waals surface area contributed by atoms with Crippen LogP contribution in [0.25, 0.3) is 0 Å². The van der Waals surface area contributed by atoms with Crippen molar-refractivity contribution in [1.82, 2.24) is 4.90 Å². The third kappa shape index (κ3) is 3.25. The zero-order valence-electron chi connectivity index (χ0n) is 9.04. The lowest BCUT2D eigenvalue weighted by Gasteiger charge is -2.18. The molecule has 0 radical (unpaired) electrons. The van der Waals surface area contributed by atoms with E-state index in [0.717, 1.165) is 25.9 Å². The molecule has 0 amide bonds. The quantitative estimate of drug-likeness (QED) is 0.821. The standard InChI is InChI=1S/C10H17F3N2.ClH/c11-10(12,13)3-4-15-5-7-1-2-9(14)8(7)6-15;/h7-9H,1-6,14H2;1H. The zero-order chi connectivity index (χ0) is 11.1. The molecular formula is C10H18ClF3N2. The van der Waals surface area contributed by atoms with Crippen molar-refractivity contribution >= 4 is 12.4 Å². The van der Waals surface area contributed by atoms with Gasteiger partial charge in [0.05, 0.1) is 6.42 Å². The number of likely N-dealkylation sites (tertiary alicyclic amines) is 1. The number of fused-ring (bicyclic) bond motifs is 1. The van der Waals surface area contributed by atoms with Crippen LogP contribution >= 0.6 is 12.4 Å². The number of hydrogen-bond donors (Lipinski definition) is 1. The molecule has 0 bridgehead atoms. The van der Waals surface area contributed by atoms with Gasteiger partial charge in [-0.2, -0.15) is 13.2 Å². The summed E-state index contributed by atoms with van der Waals surface area (Å²) in [6.45, 7) is 1.72. The van der Waals surface area contributed by atoms with Gasteiger partial charge in [-0.1, -0.05) is 0 Å². The molecule has 6 heteroatoms. The highest BCUT2D eigenvalue weighted by Crippen LogP contribution is 2.37. The fourth-order valence-corrected chi connectivity index (χ4v) is 2.87. The first-order valence-corrected chi connectivity index (χ1v) is 5.50. The van der Waals surface area contributed by atoms with Gasteiger partial charge in [-0.05, 0) is 24.7 Å². The molecule has 1 saturated carbocycles. The molecule has 2 N–H and O–H groups in total. The normalized spacial score (nSPS) is 34.9. The van der Waals surface area contributed by atoms with Crippen LogP contribution in [-0.2, 0) is 0 Å². The molecule has 2 aliphatic rings. The first kappa shape index (κ1) is 14.1. The maximum atomic E-state index is 12.0. The smallest absolute Gasteiger partial charge is 0.327 e. The van der Waals surface area contributed by atoms with Crippen LogP contribution in [0.2, 0.25) is 0 Å². The molecule has 0 aromatic heterocycles. The topological polar surface area (TPSA) is 29.3 Å². The lowest BCUT2D eigenvalue weighted by atomic mass is 9.98. The third-order valence-corrected chi connectivity index (χ3v) is 3.70. The SMILES string of the molecule is Cl.NC1CCC2CN(CCC(F)(F)F)CC12. The van der Waals surface area contributed by atoms with Crippen molar-refractivity contribution in [3.63, 3.8) is 0 Å². The second-order valence-corrected chi connectivity index (χ2v) is 4.79. The number of alkyl halides is 3. The van der Waals surface area contributed by atoms with E-state index < -0.39 is 12.6 Å². The Morgan fingerprint density at radius 3 is 2.44 bits per heavy atom. The molecule has 1 saturated heterocycles. The van der Waals surface area contributed by atoms with E-state index in [-0.39, 0.29) is 25.0 Å². The first-order chi connectivity index (χ1) is 6.96. The average Bonchev–Trinajstić information content (AvgIpc) is 2.64. The van der Waals surface area contributed by atoms with Crippen LogP contribution in [0.4, 0.5) is 13.2 Å². The van der Waals surface area contributed by atoms with E-state index in [1.165, 1.54) is 0 Å². The summed E-state index contributed by atoms with van der Waals surface area (Å²) >= 11 is 0. The number of rotatable bonds is 2. The van der Waals surface area contributed by atoms with E-state index in [2.05, 4.69) is 0 Å². The van der Waals surface area contributed by atoms with Gasteiger partial charge in [-0.3, -0.25) is 0 Å². The molecule has 1 aliphatic carbocycles. The summed E-state index contributed by atoms with van der Waals surface area (Å²) in [6.07, 6.45) is -2.59. The molecule has 1 aliphatic heterocycles. The molecule has 2 rings (SSSR count). The minimum absolute atomic E-state index is 0. The van der Waals surface area contributed by atoms with Gasteiger partial charge in [0, 0.05) is 25.7 Å². The number of hydrogen-bond acceptors (Lipinski definition) is 2. The van der Waals surface area contributed by atoms with Crippen molar-refractivity contribution < 1.29 is 13.2 Å². The molecule has 3 unspecified atom stereocenters. The van der Waals surface area contributed by atoms with E-state index >= 15 is 0 Å². The van der Waals surface area contributed by atoms with Crippen molar-refractivity contribution in [1.29, 1.82) is 0 Å². The Bertz CT molecular complexity index is 235. The maximum Gasteiger partial charge on any atom is 0.390 e. The van der Waals surface area contributed by atoms with Crippen molar-refractivity contribution in [3.05, 3.63) is 0 Å². The average molecular weight is 259 g/mol. The Kier molecular flexibility index (Phi) is 4.49. The van der Waals surface area contributed by atoms with Crippen LogP contribution in [0.1, 0.15) is 19.3 Å². The van der Waals surface area contributed by atoms with Gasteiger partial charge in [0.2, 0.25) is 0 Å². The first-order valence-electron chi connectivity index (χ1n) is 5.50. The highest BCUT2D eigenvalue weighted by Gasteiger charge is 2.41. The Morgan fingerprint density at radius 2 is 1.88 bits per heavy atom. The molecule has 0 aromatic rings. The summed E-state index contributed by atoms with van der Waals surface area (Å²) in [7, 11) is 0. The van der Waals surface area contributed by atoms with E-state index in [1.807, 2.05) is 4.90 Å². The van der Waals surface area contributed by atoms with E-state index in [4.69, 9.17) is 5.73 Å². The van der Waals surface area contributed by atoms with Crippen molar-refractivity contribution in [2.45, 2.75) is 31.5 Å². The highest BCUT2D eigenvalue weighted by atomic mass is 35.5. The van der Waals surface area contributed by atoms with Gasteiger partial charge in [0.15, 0.2) is 0 Å². The van der Waals surface area contributed by atoms with Gasteiger partial charge in [-0.25, -0.2) is 0 Å². The predicted octanol–water partition coefficient (Wildman–Crippen LogP) is 2.03. The Hall–Kier alpha value is -0.0000000000000000555. The molecule has 16 heavy (non-hydrogen) atoms. The van der Waals surface area contributed by atoms with Crippen LogP contribution in [0.3, 0.4) is 0 Å². The van der Waals surface area contributed by atoms with E-state index in [1.54, 1.807) is 0 Å². The summed E-state index contributed by atoms with van der Waals surface area (Å²) in [4.78, 5) is 1.92. The van der Waals surface area contributed by atoms with Gasteiger partial charge < -0.3 is 10.6 Å². The Morgan fingerprint density at radius 1 is 1.19 bits per heavy atom. The molecule has 96 valence electrons. The fourth-order valence-electron chi connectivity index (χ4n) is 2.87. The summed E-state index contributed by atoms with van der Waals surface area (Å²) in [5.74, 6) is 0.992. The molecule has 0 spiro atoms.